The number of ether oxygens (including phenoxy) is 3. The van der Waals surface area contributed by atoms with Crippen molar-refractivity contribution in [3.63, 3.8) is 0 Å². The number of benzene rings is 4. The average molecular weight is 642 g/mol. The highest BCUT2D eigenvalue weighted by atomic mass is 32.1. The molecule has 4 aromatic carbocycles. The molecule has 0 spiro atoms. The number of halogens is 6. The minimum atomic E-state index is -4.51. The van der Waals surface area contributed by atoms with Crippen molar-refractivity contribution in [1.29, 1.82) is 0 Å². The quantitative estimate of drug-likeness (QED) is 0.0790. The van der Waals surface area contributed by atoms with Gasteiger partial charge in [-0.25, -0.2) is 17.6 Å². The summed E-state index contributed by atoms with van der Waals surface area (Å²) in [7, 11) is 0. The van der Waals surface area contributed by atoms with E-state index in [1.54, 1.807) is 24.3 Å². The van der Waals surface area contributed by atoms with Crippen molar-refractivity contribution in [2.24, 2.45) is 10.9 Å². The van der Waals surface area contributed by atoms with E-state index in [9.17, 15) is 13.2 Å². The fourth-order valence-electron chi connectivity index (χ4n) is 4.83. The number of hydrogen-bond acceptors (Lipinski definition) is 5. The Balaban J connectivity index is 1.31. The first-order valence-corrected chi connectivity index (χ1v) is 14.2. The molecule has 45 heavy (non-hydrogen) atoms. The number of thiocarbonyl (C=S) groups is 1. The molecule has 4 nitrogen and oxygen atoms in total. The zero-order valence-electron chi connectivity index (χ0n) is 23.7. The van der Waals surface area contributed by atoms with Crippen LogP contribution in [0.25, 0.3) is 22.3 Å². The van der Waals surface area contributed by atoms with Gasteiger partial charge in [0.15, 0.2) is 6.29 Å². The molecule has 1 heterocycles. The molecular weight excluding hydrogens is 616 g/mol. The molecule has 1 aliphatic heterocycles. The lowest BCUT2D eigenvalue weighted by Gasteiger charge is -2.28. The molecule has 1 saturated heterocycles. The minimum absolute atomic E-state index is 0.0431. The van der Waals surface area contributed by atoms with Crippen molar-refractivity contribution in [1.82, 2.24) is 0 Å². The second-order valence-corrected chi connectivity index (χ2v) is 10.3. The number of nitrogens with zero attached hydrogens (tertiary/aromatic N) is 1. The van der Waals surface area contributed by atoms with Crippen LogP contribution in [-0.2, 0) is 15.6 Å². The summed E-state index contributed by atoms with van der Waals surface area (Å²) in [5.41, 5.74) is -0.440. The Morgan fingerprint density at radius 1 is 0.844 bits per heavy atom. The minimum Gasteiger partial charge on any atom is -0.429 e. The van der Waals surface area contributed by atoms with E-state index in [0.29, 0.717) is 29.4 Å². The predicted octanol–water partition coefficient (Wildman–Crippen LogP) is 10.1. The van der Waals surface area contributed by atoms with Crippen molar-refractivity contribution in [2.45, 2.75) is 25.7 Å². The first kappa shape index (κ1) is 32.1. The van der Waals surface area contributed by atoms with E-state index >= 15 is 13.2 Å². The average Bonchev–Trinajstić information content (AvgIpc) is 3.00. The summed E-state index contributed by atoms with van der Waals surface area (Å²) in [6, 6.07) is 14.6. The van der Waals surface area contributed by atoms with Crippen LogP contribution in [0.1, 0.15) is 30.8 Å². The monoisotopic (exact) mass is 641 g/mol. The molecular formula is C34H25F6NO3S. The Morgan fingerprint density at radius 2 is 1.44 bits per heavy atom. The molecule has 0 amide bonds. The SMILES string of the molecule is CCC=CC1COC(c2cc(F)c(C(F)(F)Oc3ccc(-c4ccc(-c5ccc(N=C=S)cc5)c(F)c4)c(F)c3)c(F)c2)OC1. The zero-order chi connectivity index (χ0) is 32.1. The van der Waals surface area contributed by atoms with Gasteiger partial charge in [-0.05, 0) is 72.2 Å². The summed E-state index contributed by atoms with van der Waals surface area (Å²) in [4.78, 5) is 3.84. The van der Waals surface area contributed by atoms with Crippen LogP contribution >= 0.6 is 12.2 Å². The maximum atomic E-state index is 15.0. The van der Waals surface area contributed by atoms with E-state index in [-0.39, 0.29) is 41.4 Å². The van der Waals surface area contributed by atoms with Gasteiger partial charge in [0.2, 0.25) is 0 Å². The third-order valence-corrected chi connectivity index (χ3v) is 7.11. The number of allylic oxidation sites excluding steroid dienone is 1. The largest absolute Gasteiger partial charge is 0.432 e. The number of rotatable bonds is 9. The second kappa shape index (κ2) is 13.8. The maximum Gasteiger partial charge on any atom is 0.432 e. The number of isothiocyanates is 1. The van der Waals surface area contributed by atoms with Gasteiger partial charge in [-0.2, -0.15) is 13.8 Å². The number of aliphatic imine (C=N–C) groups is 1. The van der Waals surface area contributed by atoms with E-state index in [0.717, 1.165) is 24.6 Å². The summed E-state index contributed by atoms with van der Waals surface area (Å²) in [5, 5.41) is 2.24. The molecule has 5 rings (SSSR count). The third kappa shape index (κ3) is 7.34. The molecule has 0 unspecified atom stereocenters. The lowest BCUT2D eigenvalue weighted by atomic mass is 9.99. The van der Waals surface area contributed by atoms with Crippen LogP contribution < -0.4 is 4.74 Å². The molecule has 4 aromatic rings. The van der Waals surface area contributed by atoms with E-state index < -0.39 is 47.0 Å². The summed E-state index contributed by atoms with van der Waals surface area (Å²) < 4.78 is 105. The van der Waals surface area contributed by atoms with E-state index in [1.165, 1.54) is 12.1 Å². The molecule has 0 aromatic heterocycles. The lowest BCUT2D eigenvalue weighted by molar-refractivity contribution is -0.198. The topological polar surface area (TPSA) is 40.0 Å². The normalized spacial score (nSPS) is 16.9. The van der Waals surface area contributed by atoms with Gasteiger partial charge in [-0.1, -0.05) is 43.3 Å². The van der Waals surface area contributed by atoms with Crippen LogP contribution in [0.3, 0.4) is 0 Å². The van der Waals surface area contributed by atoms with Crippen molar-refractivity contribution in [3.05, 3.63) is 119 Å². The Hall–Kier alpha value is -4.28. The van der Waals surface area contributed by atoms with Crippen LogP contribution in [0.4, 0.5) is 32.0 Å². The summed E-state index contributed by atoms with van der Waals surface area (Å²) in [5.74, 6) is -5.61. The van der Waals surface area contributed by atoms with Gasteiger partial charge in [-0.15, -0.1) is 0 Å². The van der Waals surface area contributed by atoms with Crippen molar-refractivity contribution in [2.75, 3.05) is 13.2 Å². The Labute approximate surface area is 260 Å². The molecule has 11 heteroatoms. The van der Waals surface area contributed by atoms with Gasteiger partial charge in [0.1, 0.15) is 34.6 Å². The van der Waals surface area contributed by atoms with Crippen molar-refractivity contribution in [3.8, 4) is 28.0 Å². The first-order valence-electron chi connectivity index (χ1n) is 13.8. The van der Waals surface area contributed by atoms with Crippen molar-refractivity contribution < 1.29 is 40.6 Å². The smallest absolute Gasteiger partial charge is 0.429 e. The molecule has 0 aliphatic carbocycles. The zero-order valence-corrected chi connectivity index (χ0v) is 24.5. The molecule has 232 valence electrons. The predicted molar refractivity (Wildman–Crippen MR) is 160 cm³/mol. The maximum absolute atomic E-state index is 15.0. The van der Waals surface area contributed by atoms with Crippen LogP contribution in [0, 0.1) is 29.2 Å². The molecule has 0 saturated carbocycles. The van der Waals surface area contributed by atoms with E-state index in [2.05, 4.69) is 27.1 Å². The van der Waals surface area contributed by atoms with Gasteiger partial charge < -0.3 is 14.2 Å². The third-order valence-electron chi connectivity index (χ3n) is 7.01. The molecule has 1 aliphatic rings. The van der Waals surface area contributed by atoms with Gasteiger partial charge >= 0.3 is 6.11 Å². The van der Waals surface area contributed by atoms with Gasteiger partial charge in [0, 0.05) is 28.7 Å². The van der Waals surface area contributed by atoms with Gasteiger partial charge in [-0.3, -0.25) is 0 Å². The second-order valence-electron chi connectivity index (χ2n) is 10.2. The van der Waals surface area contributed by atoms with Crippen LogP contribution in [0.5, 0.6) is 5.75 Å². The van der Waals surface area contributed by atoms with E-state index in [1.807, 2.05) is 19.1 Å². The highest BCUT2D eigenvalue weighted by molar-refractivity contribution is 7.78. The Bertz CT molecular complexity index is 1740. The lowest BCUT2D eigenvalue weighted by Crippen LogP contribution is -2.28. The Kier molecular flexibility index (Phi) is 9.84. The summed E-state index contributed by atoms with van der Waals surface area (Å²) in [6.45, 7) is 2.41. The van der Waals surface area contributed by atoms with Crippen molar-refractivity contribution >= 4 is 23.1 Å². The highest BCUT2D eigenvalue weighted by Crippen LogP contribution is 2.39. The first-order chi connectivity index (χ1) is 21.6. The fourth-order valence-corrected chi connectivity index (χ4v) is 4.94. The van der Waals surface area contributed by atoms with E-state index in [4.69, 9.17) is 9.47 Å². The van der Waals surface area contributed by atoms with Gasteiger partial charge in [0.05, 0.1) is 24.1 Å². The Morgan fingerprint density at radius 3 is 2.04 bits per heavy atom. The summed E-state index contributed by atoms with van der Waals surface area (Å²) in [6.07, 6.45) is -0.985. The van der Waals surface area contributed by atoms with Crippen LogP contribution in [-0.4, -0.2) is 18.4 Å². The van der Waals surface area contributed by atoms with Gasteiger partial charge in [0.25, 0.3) is 0 Å². The van der Waals surface area contributed by atoms with Crippen LogP contribution in [0.2, 0.25) is 0 Å². The molecule has 0 N–H and O–H groups in total. The van der Waals surface area contributed by atoms with Crippen LogP contribution in [0.15, 0.2) is 89.9 Å². The standard InChI is InChI=1S/C34H25F6NO3S/c1-2-3-4-20-17-42-33(43-18-20)23-14-30(37)32(31(38)15-23)34(39,40)44-25-10-12-27(29(36)16-25)22-7-11-26(28(35)13-22)21-5-8-24(9-6-21)41-19-45/h3-16,20,33H,2,17-18H2,1H3. The molecule has 0 atom stereocenters. The molecule has 0 radical (unpaired) electrons. The molecule has 1 fully saturated rings. The molecule has 0 bridgehead atoms. The highest BCUT2D eigenvalue weighted by Gasteiger charge is 2.42. The summed E-state index contributed by atoms with van der Waals surface area (Å²) >= 11 is 4.56. The number of alkyl halides is 2. The fraction of sp³-hybridized carbons (Fsp3) is 0.206. The number of hydrogen-bond donors (Lipinski definition) is 0.